The Morgan fingerprint density at radius 3 is 2.53 bits per heavy atom. The van der Waals surface area contributed by atoms with Crippen LogP contribution in [0.4, 0.5) is 19.0 Å². The number of nitrogens with zero attached hydrogens (tertiary/aromatic N) is 2. The fourth-order valence-corrected chi connectivity index (χ4v) is 5.04. The molecule has 6 nitrogen and oxygen atoms in total. The Bertz CT molecular complexity index is 1530. The lowest BCUT2D eigenvalue weighted by Gasteiger charge is -2.13. The normalized spacial score (nSPS) is 11.6. The van der Waals surface area contributed by atoms with Gasteiger partial charge < -0.3 is 19.2 Å². The van der Waals surface area contributed by atoms with Crippen LogP contribution in [-0.2, 0) is 6.42 Å². The predicted octanol–water partition coefficient (Wildman–Crippen LogP) is 7.88. The molecule has 0 spiro atoms. The van der Waals surface area contributed by atoms with Crippen LogP contribution in [0.3, 0.4) is 0 Å². The average molecular weight is 540 g/mol. The van der Waals surface area contributed by atoms with E-state index in [2.05, 4.69) is 28.0 Å². The molecule has 10 heteroatoms. The molecular weight excluding hydrogens is 515 g/mol. The number of hydrogen-bond donors (Lipinski definition) is 1. The molecule has 0 aliphatic rings. The number of methoxy groups -OCH3 is 1. The Balaban J connectivity index is 1.25. The van der Waals surface area contributed by atoms with E-state index in [9.17, 15) is 13.2 Å². The molecule has 3 heterocycles. The smallest absolute Gasteiger partial charge is 0.496 e. The summed E-state index contributed by atoms with van der Waals surface area (Å²) in [7, 11) is 1.58. The predicted molar refractivity (Wildman–Crippen MR) is 142 cm³/mol. The first kappa shape index (κ1) is 25.6. The zero-order valence-electron chi connectivity index (χ0n) is 20.6. The third kappa shape index (κ3) is 5.91. The van der Waals surface area contributed by atoms with E-state index in [1.165, 1.54) is 12.1 Å². The van der Waals surface area contributed by atoms with E-state index in [0.717, 1.165) is 56.0 Å². The van der Waals surface area contributed by atoms with Crippen molar-refractivity contribution in [1.29, 1.82) is 0 Å². The first-order valence-corrected chi connectivity index (χ1v) is 12.7. The van der Waals surface area contributed by atoms with Crippen molar-refractivity contribution in [3.63, 3.8) is 0 Å². The SMILES string of the molecule is COc1cc(CCCNc2nc(-c3ccoc3)nc3sc(C)cc23)ccc1-c1ccc(OC(F)(F)F)cc1. The quantitative estimate of drug-likeness (QED) is 0.192. The number of furan rings is 1. The zero-order valence-corrected chi connectivity index (χ0v) is 21.4. The average Bonchev–Trinajstić information content (AvgIpc) is 3.55. The topological polar surface area (TPSA) is 69.4 Å². The van der Waals surface area contributed by atoms with Crippen molar-refractivity contribution >= 4 is 27.4 Å². The fourth-order valence-electron chi connectivity index (χ4n) is 4.16. The van der Waals surface area contributed by atoms with Gasteiger partial charge in [0, 0.05) is 17.0 Å². The summed E-state index contributed by atoms with van der Waals surface area (Å²) in [5.41, 5.74) is 3.44. The van der Waals surface area contributed by atoms with Gasteiger partial charge in [-0.15, -0.1) is 24.5 Å². The van der Waals surface area contributed by atoms with Gasteiger partial charge in [0.05, 0.1) is 24.3 Å². The maximum absolute atomic E-state index is 12.4. The number of aryl methyl sites for hydroxylation is 2. The Kier molecular flexibility index (Phi) is 7.24. The molecule has 0 aliphatic heterocycles. The summed E-state index contributed by atoms with van der Waals surface area (Å²) in [6.45, 7) is 2.76. The molecular formula is C28H24F3N3O3S. The van der Waals surface area contributed by atoms with Gasteiger partial charge >= 0.3 is 6.36 Å². The summed E-state index contributed by atoms with van der Waals surface area (Å²) in [5, 5.41) is 4.46. The van der Waals surface area contributed by atoms with Gasteiger partial charge in [-0.05, 0) is 61.2 Å². The van der Waals surface area contributed by atoms with Crippen molar-refractivity contribution in [2.45, 2.75) is 26.1 Å². The van der Waals surface area contributed by atoms with Crippen LogP contribution in [0.2, 0.25) is 0 Å². The van der Waals surface area contributed by atoms with Crippen LogP contribution in [-0.4, -0.2) is 30.0 Å². The molecule has 0 amide bonds. The van der Waals surface area contributed by atoms with Crippen LogP contribution in [0.25, 0.3) is 32.7 Å². The van der Waals surface area contributed by atoms with Crippen molar-refractivity contribution in [3.05, 3.63) is 77.6 Å². The molecule has 5 rings (SSSR count). The highest BCUT2D eigenvalue weighted by molar-refractivity contribution is 7.18. The molecule has 0 aliphatic carbocycles. The number of hydrogen-bond acceptors (Lipinski definition) is 7. The van der Waals surface area contributed by atoms with Gasteiger partial charge in [-0.3, -0.25) is 0 Å². The molecule has 0 saturated carbocycles. The number of fused-ring (bicyclic) bond motifs is 1. The second-order valence-corrected chi connectivity index (χ2v) is 9.86. The third-order valence-corrected chi connectivity index (χ3v) is 6.84. The Hall–Kier alpha value is -4.05. The van der Waals surface area contributed by atoms with E-state index in [1.54, 1.807) is 43.1 Å². The second-order valence-electron chi connectivity index (χ2n) is 8.62. The third-order valence-electron chi connectivity index (χ3n) is 5.89. The lowest BCUT2D eigenvalue weighted by molar-refractivity contribution is -0.274. The van der Waals surface area contributed by atoms with Crippen molar-refractivity contribution in [2.24, 2.45) is 0 Å². The molecule has 38 heavy (non-hydrogen) atoms. The molecule has 5 aromatic rings. The molecule has 1 N–H and O–H groups in total. The van der Waals surface area contributed by atoms with E-state index in [0.29, 0.717) is 18.1 Å². The van der Waals surface area contributed by atoms with Gasteiger partial charge in [0.15, 0.2) is 5.82 Å². The summed E-state index contributed by atoms with van der Waals surface area (Å²) in [4.78, 5) is 11.5. The van der Waals surface area contributed by atoms with Crippen molar-refractivity contribution < 1.29 is 27.1 Å². The molecule has 0 bridgehead atoms. The maximum Gasteiger partial charge on any atom is 0.573 e. The van der Waals surface area contributed by atoms with E-state index in [-0.39, 0.29) is 5.75 Å². The number of thiophene rings is 1. The number of alkyl halides is 3. The van der Waals surface area contributed by atoms with Gasteiger partial charge in [0.1, 0.15) is 28.4 Å². The number of aromatic nitrogens is 2. The summed E-state index contributed by atoms with van der Waals surface area (Å²) in [6.07, 6.45) is 0.162. The van der Waals surface area contributed by atoms with Crippen LogP contribution in [0.1, 0.15) is 16.9 Å². The largest absolute Gasteiger partial charge is 0.573 e. The van der Waals surface area contributed by atoms with Gasteiger partial charge in [-0.2, -0.15) is 0 Å². The standard InChI is InChI=1S/C28H24F3N3O3S/c1-17-14-23-26(33-25(34-27(23)38-17)20-11-13-36-16-20)32-12-3-4-18-5-10-22(24(15-18)35-2)19-6-8-21(9-7-19)37-28(29,30)31/h5-11,13-16H,3-4,12H2,1-2H3,(H,32,33,34). The van der Waals surface area contributed by atoms with Gasteiger partial charge in [-0.1, -0.05) is 24.3 Å². The Labute approximate surface area is 221 Å². The molecule has 0 saturated heterocycles. The van der Waals surface area contributed by atoms with Crippen LogP contribution in [0.5, 0.6) is 11.5 Å². The van der Waals surface area contributed by atoms with Gasteiger partial charge in [-0.25, -0.2) is 9.97 Å². The van der Waals surface area contributed by atoms with E-state index in [1.807, 2.05) is 24.3 Å². The number of anilines is 1. The van der Waals surface area contributed by atoms with Crippen LogP contribution < -0.4 is 14.8 Å². The highest BCUT2D eigenvalue weighted by atomic mass is 32.1. The number of halogens is 3. The molecule has 0 unspecified atom stereocenters. The van der Waals surface area contributed by atoms with Crippen LogP contribution in [0, 0.1) is 6.92 Å². The highest BCUT2D eigenvalue weighted by Crippen LogP contribution is 2.34. The minimum atomic E-state index is -4.72. The van der Waals surface area contributed by atoms with Crippen molar-refractivity contribution in [3.8, 4) is 34.0 Å². The van der Waals surface area contributed by atoms with Crippen LogP contribution in [0.15, 0.2) is 71.5 Å². The molecule has 0 fully saturated rings. The number of benzene rings is 2. The minimum Gasteiger partial charge on any atom is -0.496 e. The Morgan fingerprint density at radius 2 is 1.82 bits per heavy atom. The Morgan fingerprint density at radius 1 is 1.00 bits per heavy atom. The van der Waals surface area contributed by atoms with E-state index >= 15 is 0 Å². The minimum absolute atomic E-state index is 0.264. The molecule has 2 aromatic carbocycles. The fraction of sp³-hybridized carbons (Fsp3) is 0.214. The summed E-state index contributed by atoms with van der Waals surface area (Å²) in [6, 6.07) is 15.5. The molecule has 196 valence electrons. The van der Waals surface area contributed by atoms with E-state index < -0.39 is 6.36 Å². The highest BCUT2D eigenvalue weighted by Gasteiger charge is 2.31. The number of ether oxygens (including phenoxy) is 2. The first-order chi connectivity index (χ1) is 18.3. The maximum atomic E-state index is 12.4. The molecule has 0 atom stereocenters. The van der Waals surface area contributed by atoms with Gasteiger partial charge in [0.25, 0.3) is 0 Å². The van der Waals surface area contributed by atoms with Crippen LogP contribution >= 0.6 is 11.3 Å². The lowest BCUT2D eigenvalue weighted by Crippen LogP contribution is -2.16. The summed E-state index contributed by atoms with van der Waals surface area (Å²) in [5.74, 6) is 1.80. The molecule has 0 radical (unpaired) electrons. The monoisotopic (exact) mass is 539 g/mol. The zero-order chi connectivity index (χ0) is 26.7. The second kappa shape index (κ2) is 10.7. The summed E-state index contributed by atoms with van der Waals surface area (Å²) >= 11 is 1.63. The number of nitrogens with one attached hydrogen (secondary N) is 1. The lowest BCUT2D eigenvalue weighted by atomic mass is 10.0. The van der Waals surface area contributed by atoms with Gasteiger partial charge in [0.2, 0.25) is 0 Å². The van der Waals surface area contributed by atoms with E-state index in [4.69, 9.17) is 14.1 Å². The van der Waals surface area contributed by atoms with Crippen molar-refractivity contribution in [2.75, 3.05) is 19.0 Å². The van der Waals surface area contributed by atoms with Crippen molar-refractivity contribution in [1.82, 2.24) is 9.97 Å². The number of rotatable bonds is 9. The first-order valence-electron chi connectivity index (χ1n) is 11.9. The molecule has 3 aromatic heterocycles. The summed E-state index contributed by atoms with van der Waals surface area (Å²) < 4.78 is 52.1.